The molecule has 12 nitrogen and oxygen atoms in total. The Kier molecular flexibility index (Phi) is 11.1. The summed E-state index contributed by atoms with van der Waals surface area (Å²) in [6.45, 7) is 8.52. The van der Waals surface area contributed by atoms with Crippen LogP contribution in [0.25, 0.3) is 0 Å². The van der Waals surface area contributed by atoms with E-state index in [2.05, 4.69) is 15.5 Å². The lowest BCUT2D eigenvalue weighted by atomic mass is 9.80. The fourth-order valence-corrected chi connectivity index (χ4v) is 6.12. The molecule has 3 aliphatic rings. The number of hydrogen-bond acceptors (Lipinski definition) is 9. The van der Waals surface area contributed by atoms with Gasteiger partial charge in [-0.1, -0.05) is 6.07 Å². The molecule has 4 atom stereocenters. The lowest BCUT2D eigenvalue weighted by Gasteiger charge is -2.44. The number of aliphatic hydroxyl groups is 1. The number of amides is 3. The quantitative estimate of drug-likeness (QED) is 0.306. The van der Waals surface area contributed by atoms with Gasteiger partial charge in [0, 0.05) is 58.1 Å². The number of aryl methyl sites for hydroxylation is 1. The van der Waals surface area contributed by atoms with Crippen molar-refractivity contribution in [2.75, 3.05) is 33.2 Å². The number of fused-ring (bicyclic) bond motifs is 3. The SMILES string of the molecule is CC(=O)CC(NC(C)=O)C(=O)NCCN(C)C(=O)OC1=CCC2(O)CC1Oc1c(O)ccc(C)c1CCCN(CC1CC1)C2C. The molecule has 1 aromatic rings. The smallest absolute Gasteiger partial charge is 0.414 e. The van der Waals surface area contributed by atoms with Crippen LogP contribution >= 0.6 is 0 Å². The molecule has 12 heteroatoms. The van der Waals surface area contributed by atoms with Crippen molar-refractivity contribution in [3.05, 3.63) is 35.1 Å². The van der Waals surface area contributed by atoms with E-state index in [1.54, 1.807) is 12.1 Å². The first-order valence-electron chi connectivity index (χ1n) is 15.9. The van der Waals surface area contributed by atoms with Crippen molar-refractivity contribution >= 4 is 23.7 Å². The topological polar surface area (TPSA) is 158 Å². The number of carbonyl (C=O) groups is 4. The first-order chi connectivity index (χ1) is 21.3. The molecule has 1 aromatic carbocycles. The minimum atomic E-state index is -1.14. The largest absolute Gasteiger partial charge is 0.504 e. The average Bonchev–Trinajstić information content (AvgIpc) is 3.79. The molecule has 4 N–H and O–H groups in total. The van der Waals surface area contributed by atoms with Gasteiger partial charge in [0.25, 0.3) is 0 Å². The predicted octanol–water partition coefficient (Wildman–Crippen LogP) is 2.57. The molecule has 4 rings (SSSR count). The third kappa shape index (κ3) is 8.97. The number of phenols is 1. The van der Waals surface area contributed by atoms with Crippen LogP contribution in [0.5, 0.6) is 11.5 Å². The van der Waals surface area contributed by atoms with Crippen molar-refractivity contribution < 1.29 is 38.9 Å². The van der Waals surface area contributed by atoms with Gasteiger partial charge in [0.05, 0.1) is 5.60 Å². The Bertz CT molecular complexity index is 1300. The first-order valence-corrected chi connectivity index (χ1v) is 15.9. The third-order valence-corrected chi connectivity index (χ3v) is 9.08. The summed E-state index contributed by atoms with van der Waals surface area (Å²) in [5.74, 6) is 0.0249. The van der Waals surface area contributed by atoms with Crippen LogP contribution in [0.3, 0.4) is 0 Å². The molecular weight excluding hydrogens is 580 g/mol. The number of benzene rings is 1. The number of likely N-dealkylation sites (N-methyl/N-ethyl adjacent to an activating group) is 1. The predicted molar refractivity (Wildman–Crippen MR) is 167 cm³/mol. The molecule has 1 fully saturated rings. The highest BCUT2D eigenvalue weighted by Gasteiger charge is 2.45. The number of nitrogens with zero attached hydrogens (tertiary/aromatic N) is 2. The number of nitrogens with one attached hydrogen (secondary N) is 2. The second-order valence-electron chi connectivity index (χ2n) is 12.9. The zero-order valence-corrected chi connectivity index (χ0v) is 27.1. The van der Waals surface area contributed by atoms with Gasteiger partial charge in [0.1, 0.15) is 17.6 Å². The van der Waals surface area contributed by atoms with Crippen molar-refractivity contribution in [1.82, 2.24) is 20.4 Å². The summed E-state index contributed by atoms with van der Waals surface area (Å²) in [5, 5.41) is 27.9. The Labute approximate surface area is 265 Å². The zero-order valence-electron chi connectivity index (χ0n) is 27.1. The van der Waals surface area contributed by atoms with E-state index in [4.69, 9.17) is 9.47 Å². The zero-order chi connectivity index (χ0) is 32.9. The van der Waals surface area contributed by atoms with Gasteiger partial charge in [-0.3, -0.25) is 19.3 Å². The molecule has 248 valence electrons. The lowest BCUT2D eigenvalue weighted by Crippen LogP contribution is -2.55. The molecule has 2 aliphatic carbocycles. The maximum absolute atomic E-state index is 13.2. The molecule has 1 aliphatic heterocycles. The van der Waals surface area contributed by atoms with Crippen molar-refractivity contribution in [3.8, 4) is 11.5 Å². The van der Waals surface area contributed by atoms with Crippen molar-refractivity contribution in [2.45, 2.75) is 96.4 Å². The highest BCUT2D eigenvalue weighted by Crippen LogP contribution is 2.42. The van der Waals surface area contributed by atoms with Crippen LogP contribution in [0.1, 0.15) is 70.4 Å². The monoisotopic (exact) mass is 628 g/mol. The molecular formula is C33H48N4O8. The number of Topliss-reactive ketones (excluding diaryl/α,β-unsaturated/α-hetero) is 1. The Hall–Kier alpha value is -3.64. The summed E-state index contributed by atoms with van der Waals surface area (Å²) in [7, 11) is 1.52. The molecule has 3 amide bonds. The Morgan fingerprint density at radius 2 is 1.96 bits per heavy atom. The van der Waals surface area contributed by atoms with Gasteiger partial charge in [-0.25, -0.2) is 4.79 Å². The van der Waals surface area contributed by atoms with Crippen LogP contribution in [-0.4, -0.2) is 101 Å². The molecule has 0 radical (unpaired) electrons. The van der Waals surface area contributed by atoms with E-state index < -0.39 is 35.7 Å². The number of rotatable bonds is 10. The van der Waals surface area contributed by atoms with Gasteiger partial charge in [0.15, 0.2) is 17.6 Å². The second-order valence-corrected chi connectivity index (χ2v) is 12.9. The van der Waals surface area contributed by atoms with Crippen LogP contribution in [-0.2, 0) is 25.5 Å². The maximum Gasteiger partial charge on any atom is 0.414 e. The summed E-state index contributed by atoms with van der Waals surface area (Å²) in [5.41, 5.74) is 0.745. The van der Waals surface area contributed by atoms with E-state index in [0.29, 0.717) is 18.1 Å². The molecule has 0 spiro atoms. The van der Waals surface area contributed by atoms with Gasteiger partial charge >= 0.3 is 6.09 Å². The summed E-state index contributed by atoms with van der Waals surface area (Å²) >= 11 is 0. The van der Waals surface area contributed by atoms with Crippen LogP contribution in [0, 0.1) is 12.8 Å². The lowest BCUT2D eigenvalue weighted by molar-refractivity contribution is -0.130. The summed E-state index contributed by atoms with van der Waals surface area (Å²) < 4.78 is 12.3. The molecule has 4 unspecified atom stereocenters. The average molecular weight is 629 g/mol. The van der Waals surface area contributed by atoms with E-state index in [0.717, 1.165) is 30.6 Å². The highest BCUT2D eigenvalue weighted by molar-refractivity contribution is 5.91. The van der Waals surface area contributed by atoms with Gasteiger partial charge in [-0.05, 0) is 83.0 Å². The number of ether oxygens (including phenoxy) is 2. The van der Waals surface area contributed by atoms with Gasteiger partial charge in [0.2, 0.25) is 11.8 Å². The number of ketones is 1. The first kappa shape index (κ1) is 34.2. The van der Waals surface area contributed by atoms with Gasteiger partial charge < -0.3 is 35.2 Å². The van der Waals surface area contributed by atoms with Crippen LogP contribution < -0.4 is 15.4 Å². The molecule has 2 bridgehead atoms. The van der Waals surface area contributed by atoms with Crippen molar-refractivity contribution in [2.24, 2.45) is 5.92 Å². The van der Waals surface area contributed by atoms with Crippen LogP contribution in [0.2, 0.25) is 0 Å². The fourth-order valence-electron chi connectivity index (χ4n) is 6.12. The van der Waals surface area contributed by atoms with Crippen LogP contribution in [0.15, 0.2) is 24.0 Å². The molecule has 0 aromatic heterocycles. The van der Waals surface area contributed by atoms with Crippen molar-refractivity contribution in [3.63, 3.8) is 0 Å². The molecule has 45 heavy (non-hydrogen) atoms. The summed E-state index contributed by atoms with van der Waals surface area (Å²) in [4.78, 5) is 52.4. The standard InChI is InChI=1S/C33H48N4O8/c1-20-8-11-27(40)30-25(20)7-6-15-37(19-24-9-10-24)22(3)33(43)13-12-28(29(18-33)44-30)45-32(42)36(5)16-14-34-31(41)26(17-21(2)38)35-23(4)39/h8,11-12,22,24,26,29,40,43H,6-7,9-10,13-19H2,1-5H3,(H,34,41)(H,35,39). The van der Waals surface area contributed by atoms with Crippen molar-refractivity contribution in [1.29, 1.82) is 0 Å². The molecule has 1 heterocycles. The van der Waals surface area contributed by atoms with E-state index >= 15 is 0 Å². The van der Waals surface area contributed by atoms with E-state index in [1.807, 2.05) is 19.9 Å². The van der Waals surface area contributed by atoms with Crippen LogP contribution in [0.4, 0.5) is 4.79 Å². The van der Waals surface area contributed by atoms with Gasteiger partial charge in [-0.2, -0.15) is 0 Å². The summed E-state index contributed by atoms with van der Waals surface area (Å²) in [6.07, 6.45) is 4.43. The van der Waals surface area contributed by atoms with Gasteiger partial charge in [-0.15, -0.1) is 0 Å². The third-order valence-electron chi connectivity index (χ3n) is 9.08. The number of hydrogen-bond donors (Lipinski definition) is 4. The summed E-state index contributed by atoms with van der Waals surface area (Å²) in [6, 6.07) is 2.30. The number of carbonyl (C=O) groups excluding carboxylic acids is 4. The normalized spacial score (nSPS) is 24.1. The fraction of sp³-hybridized carbons (Fsp3) is 0.636. The maximum atomic E-state index is 13.2. The number of aromatic hydroxyl groups is 1. The minimum Gasteiger partial charge on any atom is -0.504 e. The highest BCUT2D eigenvalue weighted by atomic mass is 16.6. The minimum absolute atomic E-state index is 0.00674. The molecule has 0 saturated heterocycles. The Morgan fingerprint density at radius 1 is 1.22 bits per heavy atom. The van der Waals surface area contributed by atoms with E-state index in [1.165, 1.54) is 38.6 Å². The van der Waals surface area contributed by atoms with E-state index in [9.17, 15) is 29.4 Å². The molecule has 1 saturated carbocycles. The Morgan fingerprint density at radius 3 is 2.62 bits per heavy atom. The number of phenolic OH excluding ortho intramolecular Hbond substituents is 1. The Balaban J connectivity index is 1.48. The van der Waals surface area contributed by atoms with E-state index in [-0.39, 0.29) is 55.7 Å². The second kappa shape index (κ2) is 14.6.